The van der Waals surface area contributed by atoms with E-state index in [1.54, 1.807) is 13.0 Å². The van der Waals surface area contributed by atoms with Crippen molar-refractivity contribution in [2.45, 2.75) is 25.9 Å². The fourth-order valence-electron chi connectivity index (χ4n) is 1.82. The van der Waals surface area contributed by atoms with Crippen LogP contribution >= 0.6 is 0 Å². The van der Waals surface area contributed by atoms with Crippen LogP contribution < -0.4 is 0 Å². The van der Waals surface area contributed by atoms with E-state index in [-0.39, 0.29) is 11.9 Å². The second-order valence-corrected chi connectivity index (χ2v) is 4.10. The highest BCUT2D eigenvalue weighted by Crippen LogP contribution is 2.26. The zero-order valence-corrected chi connectivity index (χ0v) is 10.7. The summed E-state index contributed by atoms with van der Waals surface area (Å²) in [6, 6.07) is 9.39. The van der Waals surface area contributed by atoms with E-state index in [0.29, 0.717) is 19.4 Å². The molecule has 0 aliphatic carbocycles. The van der Waals surface area contributed by atoms with Crippen LogP contribution in [0, 0.1) is 5.92 Å². The molecule has 0 spiro atoms. The first kappa shape index (κ1) is 14.5. The Morgan fingerprint density at radius 3 is 2.67 bits per heavy atom. The highest BCUT2D eigenvalue weighted by atomic mass is 16.5. The topological polar surface area (TPSA) is 46.5 Å². The van der Waals surface area contributed by atoms with Gasteiger partial charge in [0.2, 0.25) is 0 Å². The van der Waals surface area contributed by atoms with Gasteiger partial charge in [0.25, 0.3) is 0 Å². The van der Waals surface area contributed by atoms with Gasteiger partial charge in [-0.3, -0.25) is 4.79 Å². The molecule has 0 bridgehead atoms. The molecule has 0 unspecified atom stereocenters. The number of aliphatic hydroxyl groups is 1. The molecule has 0 aliphatic rings. The molecule has 0 saturated heterocycles. The van der Waals surface area contributed by atoms with E-state index < -0.39 is 6.10 Å². The minimum Gasteiger partial charge on any atom is -0.466 e. The Bertz CT molecular complexity index is 373. The lowest BCUT2D eigenvalue weighted by atomic mass is 9.92. The molecule has 0 amide bonds. The van der Waals surface area contributed by atoms with Gasteiger partial charge in [0.15, 0.2) is 0 Å². The highest BCUT2D eigenvalue weighted by molar-refractivity contribution is 5.69. The molecular formula is C15H20O3. The zero-order chi connectivity index (χ0) is 13.4. The van der Waals surface area contributed by atoms with Crippen LogP contribution in [0.25, 0.3) is 0 Å². The van der Waals surface area contributed by atoms with Gasteiger partial charge in [0, 0.05) is 12.3 Å². The lowest BCUT2D eigenvalue weighted by molar-refractivity contribution is -0.143. The predicted molar refractivity (Wildman–Crippen MR) is 71.0 cm³/mol. The standard InChI is InChI=1S/C15H20O3/c1-3-12(10-11-14(16)18-4-2)15(17)13-8-6-5-7-9-13/h3,5-9,12,15,17H,1,4,10-11H2,2H3/t12-,15+/m0/s1. The van der Waals surface area contributed by atoms with Crippen molar-refractivity contribution in [2.75, 3.05) is 6.61 Å². The molecule has 0 saturated carbocycles. The van der Waals surface area contributed by atoms with Gasteiger partial charge in [-0.25, -0.2) is 0 Å². The highest BCUT2D eigenvalue weighted by Gasteiger charge is 2.19. The first-order valence-electron chi connectivity index (χ1n) is 6.20. The number of hydrogen-bond donors (Lipinski definition) is 1. The largest absolute Gasteiger partial charge is 0.466 e. The van der Waals surface area contributed by atoms with Crippen molar-refractivity contribution in [3.8, 4) is 0 Å². The van der Waals surface area contributed by atoms with E-state index in [2.05, 4.69) is 6.58 Å². The Balaban J connectivity index is 2.56. The van der Waals surface area contributed by atoms with Crippen LogP contribution in [0.15, 0.2) is 43.0 Å². The van der Waals surface area contributed by atoms with E-state index in [9.17, 15) is 9.90 Å². The summed E-state index contributed by atoms with van der Waals surface area (Å²) in [6.45, 7) is 5.89. The minimum atomic E-state index is -0.627. The SMILES string of the molecule is C=C[C@@H](CCC(=O)OCC)[C@@H](O)c1ccccc1. The van der Waals surface area contributed by atoms with Crippen molar-refractivity contribution in [1.29, 1.82) is 0 Å². The predicted octanol–water partition coefficient (Wildman–Crippen LogP) is 2.87. The average Bonchev–Trinajstić information content (AvgIpc) is 2.40. The molecule has 0 radical (unpaired) electrons. The summed E-state index contributed by atoms with van der Waals surface area (Å²) < 4.78 is 4.87. The van der Waals surface area contributed by atoms with Crippen molar-refractivity contribution in [1.82, 2.24) is 0 Å². The molecule has 1 rings (SSSR count). The van der Waals surface area contributed by atoms with E-state index in [0.717, 1.165) is 5.56 Å². The molecule has 0 fully saturated rings. The molecule has 98 valence electrons. The first-order valence-corrected chi connectivity index (χ1v) is 6.20. The Morgan fingerprint density at radius 2 is 2.11 bits per heavy atom. The second-order valence-electron chi connectivity index (χ2n) is 4.10. The maximum atomic E-state index is 11.3. The number of esters is 1. The molecule has 1 N–H and O–H groups in total. The van der Waals surface area contributed by atoms with Gasteiger partial charge in [0.1, 0.15) is 0 Å². The lowest BCUT2D eigenvalue weighted by Crippen LogP contribution is -2.13. The quantitative estimate of drug-likeness (QED) is 0.596. The number of aliphatic hydroxyl groups excluding tert-OH is 1. The molecule has 1 aromatic rings. The Hall–Kier alpha value is -1.61. The van der Waals surface area contributed by atoms with Gasteiger partial charge < -0.3 is 9.84 Å². The van der Waals surface area contributed by atoms with Gasteiger partial charge in [-0.05, 0) is 18.9 Å². The van der Waals surface area contributed by atoms with Crippen LogP contribution in [0.5, 0.6) is 0 Å². The number of benzene rings is 1. The number of hydrogen-bond acceptors (Lipinski definition) is 3. The number of ether oxygens (including phenoxy) is 1. The van der Waals surface area contributed by atoms with Gasteiger partial charge >= 0.3 is 5.97 Å². The smallest absolute Gasteiger partial charge is 0.305 e. The Kier molecular flexibility index (Phi) is 6.15. The number of carbonyl (C=O) groups excluding carboxylic acids is 1. The van der Waals surface area contributed by atoms with Crippen molar-refractivity contribution in [3.05, 3.63) is 48.6 Å². The Labute approximate surface area is 108 Å². The normalized spacial score (nSPS) is 13.7. The summed E-state index contributed by atoms with van der Waals surface area (Å²) in [5.74, 6) is -0.374. The van der Waals surface area contributed by atoms with Crippen LogP contribution in [0.3, 0.4) is 0 Å². The van der Waals surface area contributed by atoms with Gasteiger partial charge in [-0.1, -0.05) is 36.4 Å². The molecule has 0 aromatic heterocycles. The third-order valence-electron chi connectivity index (χ3n) is 2.84. The monoisotopic (exact) mass is 248 g/mol. The van der Waals surface area contributed by atoms with E-state index in [4.69, 9.17) is 4.74 Å². The van der Waals surface area contributed by atoms with Gasteiger partial charge in [-0.2, -0.15) is 0 Å². The third kappa shape index (κ3) is 4.34. The maximum Gasteiger partial charge on any atom is 0.305 e. The minimum absolute atomic E-state index is 0.142. The maximum absolute atomic E-state index is 11.3. The fourth-order valence-corrected chi connectivity index (χ4v) is 1.82. The molecule has 1 aromatic carbocycles. The van der Waals surface area contributed by atoms with E-state index >= 15 is 0 Å². The molecule has 3 nitrogen and oxygen atoms in total. The summed E-state index contributed by atoms with van der Waals surface area (Å²) >= 11 is 0. The van der Waals surface area contributed by atoms with Crippen LogP contribution in [0.1, 0.15) is 31.4 Å². The lowest BCUT2D eigenvalue weighted by Gasteiger charge is -2.19. The fraction of sp³-hybridized carbons (Fsp3) is 0.400. The van der Waals surface area contributed by atoms with Gasteiger partial charge in [-0.15, -0.1) is 6.58 Å². The first-order chi connectivity index (χ1) is 8.69. The molecule has 0 heterocycles. The Morgan fingerprint density at radius 1 is 1.44 bits per heavy atom. The average molecular weight is 248 g/mol. The summed E-state index contributed by atoms with van der Waals surface area (Å²) in [4.78, 5) is 11.3. The molecule has 18 heavy (non-hydrogen) atoms. The van der Waals surface area contributed by atoms with Gasteiger partial charge in [0.05, 0.1) is 12.7 Å². The summed E-state index contributed by atoms with van der Waals surface area (Å²) in [6.07, 6.45) is 1.90. The van der Waals surface area contributed by atoms with Crippen molar-refractivity contribution in [3.63, 3.8) is 0 Å². The van der Waals surface area contributed by atoms with Crippen LogP contribution in [-0.4, -0.2) is 17.7 Å². The van der Waals surface area contributed by atoms with Crippen molar-refractivity contribution in [2.24, 2.45) is 5.92 Å². The summed E-state index contributed by atoms with van der Waals surface area (Å²) in [5.41, 5.74) is 0.839. The van der Waals surface area contributed by atoms with Crippen LogP contribution in [-0.2, 0) is 9.53 Å². The molecule has 3 heteroatoms. The molecular weight excluding hydrogens is 228 g/mol. The van der Waals surface area contributed by atoms with Crippen LogP contribution in [0.4, 0.5) is 0 Å². The number of rotatable bonds is 7. The second kappa shape index (κ2) is 7.67. The molecule has 2 atom stereocenters. The van der Waals surface area contributed by atoms with Crippen LogP contribution in [0.2, 0.25) is 0 Å². The molecule has 0 aliphatic heterocycles. The van der Waals surface area contributed by atoms with Crippen molar-refractivity contribution >= 4 is 5.97 Å². The van der Waals surface area contributed by atoms with E-state index in [1.165, 1.54) is 0 Å². The summed E-state index contributed by atoms with van der Waals surface area (Å²) in [5, 5.41) is 10.2. The van der Waals surface area contributed by atoms with Crippen molar-refractivity contribution < 1.29 is 14.6 Å². The van der Waals surface area contributed by atoms with E-state index in [1.807, 2.05) is 30.3 Å². The number of carbonyl (C=O) groups is 1. The third-order valence-corrected chi connectivity index (χ3v) is 2.84. The summed E-state index contributed by atoms with van der Waals surface area (Å²) in [7, 11) is 0. The zero-order valence-electron chi connectivity index (χ0n) is 10.7.